The van der Waals surface area contributed by atoms with Gasteiger partial charge in [0.1, 0.15) is 0 Å². The van der Waals surface area contributed by atoms with Crippen LogP contribution in [-0.4, -0.2) is 42.6 Å². The second-order valence-electron chi connectivity index (χ2n) is 3.87. The molecule has 1 heterocycles. The zero-order chi connectivity index (χ0) is 12.3. The van der Waals surface area contributed by atoms with Crippen molar-refractivity contribution in [3.05, 3.63) is 29.8 Å². The van der Waals surface area contributed by atoms with Crippen LogP contribution in [0.15, 0.2) is 29.2 Å². The molecule has 1 atom stereocenters. The number of ether oxygens (including phenoxy) is 1. The molecular formula is C12H15NO3S. The van der Waals surface area contributed by atoms with Crippen LogP contribution < -0.4 is 5.32 Å². The molecule has 0 aliphatic carbocycles. The van der Waals surface area contributed by atoms with E-state index in [-0.39, 0.29) is 6.54 Å². The third-order valence-corrected chi connectivity index (χ3v) is 3.43. The van der Waals surface area contributed by atoms with E-state index < -0.39 is 11.6 Å². The van der Waals surface area contributed by atoms with Crippen LogP contribution in [0.5, 0.6) is 0 Å². The summed E-state index contributed by atoms with van der Waals surface area (Å²) in [6, 6.07) is 7.14. The minimum Gasteiger partial charge on any atom is -0.358 e. The van der Waals surface area contributed by atoms with Crippen LogP contribution in [0.25, 0.3) is 0 Å². The minimum atomic E-state index is -1.72. The normalized spacial score (nSPS) is 24.6. The summed E-state index contributed by atoms with van der Waals surface area (Å²) in [6.45, 7) is 1.13. The van der Waals surface area contributed by atoms with Crippen molar-refractivity contribution in [2.45, 2.75) is 10.7 Å². The van der Waals surface area contributed by atoms with Crippen molar-refractivity contribution in [3.63, 3.8) is 0 Å². The first-order chi connectivity index (χ1) is 8.15. The Hall–Kier alpha value is -0.880. The number of rotatable bonds is 3. The van der Waals surface area contributed by atoms with Gasteiger partial charge < -0.3 is 15.2 Å². The number of morpholine rings is 1. The maximum Gasteiger partial charge on any atom is 0.244 e. The summed E-state index contributed by atoms with van der Waals surface area (Å²) in [5.41, 5.74) is 0.467. The summed E-state index contributed by atoms with van der Waals surface area (Å²) in [6.07, 6.45) is 1.97. The summed E-state index contributed by atoms with van der Waals surface area (Å²) in [7, 11) is 0. The monoisotopic (exact) mass is 253 g/mol. The van der Waals surface area contributed by atoms with Crippen molar-refractivity contribution in [2.24, 2.45) is 0 Å². The highest BCUT2D eigenvalue weighted by molar-refractivity contribution is 7.98. The highest BCUT2D eigenvalue weighted by atomic mass is 32.2. The fourth-order valence-electron chi connectivity index (χ4n) is 1.71. The average Bonchev–Trinajstić information content (AvgIpc) is 2.39. The van der Waals surface area contributed by atoms with Crippen molar-refractivity contribution in [3.8, 4) is 0 Å². The first kappa shape index (κ1) is 12.6. The standard InChI is InChI=1S/C12H15NO3S/c1-17-10-4-2-9(3-5-10)11(14)12(15)8-13-6-7-16-12/h2-5,13,15H,6-8H2,1H3. The topological polar surface area (TPSA) is 58.6 Å². The maximum atomic E-state index is 12.1. The number of ketones is 1. The molecule has 1 fully saturated rings. The first-order valence-electron chi connectivity index (χ1n) is 5.41. The van der Waals surface area contributed by atoms with Gasteiger partial charge in [-0.3, -0.25) is 4.79 Å². The predicted molar refractivity (Wildman–Crippen MR) is 66.3 cm³/mol. The molecule has 5 heteroatoms. The molecule has 1 unspecified atom stereocenters. The third kappa shape index (κ3) is 2.69. The van der Waals surface area contributed by atoms with Gasteiger partial charge in [0.15, 0.2) is 0 Å². The SMILES string of the molecule is CSc1ccc(C(=O)C2(O)CNCCO2)cc1. The van der Waals surface area contributed by atoms with Gasteiger partial charge in [-0.15, -0.1) is 11.8 Å². The summed E-state index contributed by atoms with van der Waals surface area (Å²) in [4.78, 5) is 13.2. The van der Waals surface area contributed by atoms with Crippen LogP contribution in [0, 0.1) is 0 Å². The fourth-order valence-corrected chi connectivity index (χ4v) is 2.12. The molecule has 17 heavy (non-hydrogen) atoms. The number of aliphatic hydroxyl groups is 1. The van der Waals surface area contributed by atoms with E-state index >= 15 is 0 Å². The predicted octanol–water partition coefficient (Wildman–Crippen LogP) is 0.900. The average molecular weight is 253 g/mol. The van der Waals surface area contributed by atoms with Crippen LogP contribution in [0.3, 0.4) is 0 Å². The van der Waals surface area contributed by atoms with Gasteiger partial charge in [-0.25, -0.2) is 0 Å². The number of nitrogens with one attached hydrogen (secondary N) is 1. The van der Waals surface area contributed by atoms with E-state index in [1.165, 1.54) is 0 Å². The highest BCUT2D eigenvalue weighted by Crippen LogP contribution is 2.20. The number of Topliss-reactive ketones (excluding diaryl/α,β-unsaturated/α-hetero) is 1. The molecule has 92 valence electrons. The van der Waals surface area contributed by atoms with Crippen LogP contribution in [0.2, 0.25) is 0 Å². The van der Waals surface area contributed by atoms with E-state index in [2.05, 4.69) is 5.32 Å². The molecule has 1 saturated heterocycles. The van der Waals surface area contributed by atoms with Gasteiger partial charge in [-0.05, 0) is 18.4 Å². The Morgan fingerprint density at radius 2 is 2.18 bits per heavy atom. The Bertz CT molecular complexity index is 399. The van der Waals surface area contributed by atoms with Gasteiger partial charge in [0.2, 0.25) is 11.6 Å². The molecule has 4 nitrogen and oxygen atoms in total. The molecule has 0 radical (unpaired) electrons. The summed E-state index contributed by atoms with van der Waals surface area (Å²) >= 11 is 1.61. The van der Waals surface area contributed by atoms with Crippen molar-refractivity contribution in [2.75, 3.05) is 26.0 Å². The van der Waals surface area contributed by atoms with Gasteiger partial charge in [-0.1, -0.05) is 12.1 Å². The van der Waals surface area contributed by atoms with Gasteiger partial charge in [0.05, 0.1) is 13.2 Å². The van der Waals surface area contributed by atoms with E-state index in [1.54, 1.807) is 23.9 Å². The van der Waals surface area contributed by atoms with Crippen molar-refractivity contribution >= 4 is 17.5 Å². The number of carbonyl (C=O) groups excluding carboxylic acids is 1. The van der Waals surface area contributed by atoms with E-state index in [1.807, 2.05) is 18.4 Å². The number of hydrogen-bond donors (Lipinski definition) is 2. The lowest BCUT2D eigenvalue weighted by Gasteiger charge is -2.31. The van der Waals surface area contributed by atoms with Crippen LogP contribution in [-0.2, 0) is 4.74 Å². The molecule has 0 amide bonds. The van der Waals surface area contributed by atoms with Crippen LogP contribution in [0.4, 0.5) is 0 Å². The molecule has 1 aromatic rings. The number of benzene rings is 1. The number of hydrogen-bond acceptors (Lipinski definition) is 5. The molecule has 2 rings (SSSR count). The third-order valence-electron chi connectivity index (χ3n) is 2.69. The lowest BCUT2D eigenvalue weighted by atomic mass is 10.0. The molecule has 0 saturated carbocycles. The smallest absolute Gasteiger partial charge is 0.244 e. The molecule has 1 aromatic carbocycles. The van der Waals surface area contributed by atoms with E-state index in [9.17, 15) is 9.90 Å². The molecule has 1 aliphatic rings. The molecule has 0 bridgehead atoms. The second-order valence-corrected chi connectivity index (χ2v) is 4.75. The fraction of sp³-hybridized carbons (Fsp3) is 0.417. The second kappa shape index (κ2) is 5.18. The number of carbonyl (C=O) groups is 1. The molecule has 0 aromatic heterocycles. The summed E-state index contributed by atoms with van der Waals surface area (Å²) in [5.74, 6) is -2.11. The first-order valence-corrected chi connectivity index (χ1v) is 6.64. The Balaban J connectivity index is 2.17. The van der Waals surface area contributed by atoms with Crippen LogP contribution in [0.1, 0.15) is 10.4 Å². The highest BCUT2D eigenvalue weighted by Gasteiger charge is 2.39. The zero-order valence-electron chi connectivity index (χ0n) is 9.60. The zero-order valence-corrected chi connectivity index (χ0v) is 10.4. The van der Waals surface area contributed by atoms with E-state index in [4.69, 9.17) is 4.74 Å². The maximum absolute atomic E-state index is 12.1. The van der Waals surface area contributed by atoms with E-state index in [0.717, 1.165) is 4.90 Å². The molecule has 0 spiro atoms. The van der Waals surface area contributed by atoms with Crippen molar-refractivity contribution < 1.29 is 14.6 Å². The summed E-state index contributed by atoms with van der Waals surface area (Å²) < 4.78 is 5.18. The largest absolute Gasteiger partial charge is 0.358 e. The van der Waals surface area contributed by atoms with E-state index in [0.29, 0.717) is 18.7 Å². The Morgan fingerprint density at radius 3 is 2.71 bits per heavy atom. The van der Waals surface area contributed by atoms with Crippen molar-refractivity contribution in [1.29, 1.82) is 0 Å². The Labute approximate surface area is 104 Å². The Morgan fingerprint density at radius 1 is 1.47 bits per heavy atom. The lowest BCUT2D eigenvalue weighted by Crippen LogP contribution is -2.55. The van der Waals surface area contributed by atoms with Crippen LogP contribution >= 0.6 is 11.8 Å². The van der Waals surface area contributed by atoms with Gasteiger partial charge >= 0.3 is 0 Å². The minimum absolute atomic E-state index is 0.135. The number of β-amino-alcohol motifs (C(OH)–C–C–N with tert-alkyl or cyclic N) is 1. The quantitative estimate of drug-likeness (QED) is 0.619. The van der Waals surface area contributed by atoms with Crippen molar-refractivity contribution in [1.82, 2.24) is 5.32 Å². The van der Waals surface area contributed by atoms with Gasteiger partial charge in [0.25, 0.3) is 0 Å². The Kier molecular flexibility index (Phi) is 3.83. The molecule has 1 aliphatic heterocycles. The molecule has 2 N–H and O–H groups in total. The van der Waals surface area contributed by atoms with Gasteiger partial charge in [-0.2, -0.15) is 0 Å². The lowest BCUT2D eigenvalue weighted by molar-refractivity contribution is -0.176. The number of thioether (sulfide) groups is 1. The molecular weight excluding hydrogens is 238 g/mol. The van der Waals surface area contributed by atoms with Gasteiger partial charge in [0, 0.05) is 17.0 Å². The summed E-state index contributed by atoms with van der Waals surface area (Å²) in [5, 5.41) is 13.0.